The minimum atomic E-state index is 0.351. The second kappa shape index (κ2) is 6.15. The van der Waals surface area contributed by atoms with Gasteiger partial charge in [-0.25, -0.2) is 0 Å². The maximum Gasteiger partial charge on any atom is 0.0678 e. The number of hydrogen-bond donors (Lipinski definition) is 1. The topological polar surface area (TPSA) is 24.5 Å². The third-order valence-electron chi connectivity index (χ3n) is 3.31. The molecule has 1 N–H and O–H groups in total. The average Bonchev–Trinajstić information content (AvgIpc) is 2.58. The summed E-state index contributed by atoms with van der Waals surface area (Å²) >= 11 is 1.91. The van der Waals surface area contributed by atoms with E-state index in [1.807, 2.05) is 18.4 Å². The zero-order valence-electron chi connectivity index (χ0n) is 11.8. The maximum absolute atomic E-state index is 5.78. The number of thiophene rings is 1. The summed E-state index contributed by atoms with van der Waals surface area (Å²) < 4.78 is 5.78. The molecular formula is C14H24N2OS. The van der Waals surface area contributed by atoms with Gasteiger partial charge in [0.15, 0.2) is 0 Å². The van der Waals surface area contributed by atoms with Crippen LogP contribution in [0.3, 0.4) is 0 Å². The van der Waals surface area contributed by atoms with Crippen LogP contribution >= 0.6 is 11.3 Å². The normalized spacial score (nSPS) is 25.6. The van der Waals surface area contributed by atoms with Gasteiger partial charge >= 0.3 is 0 Å². The Morgan fingerprint density at radius 3 is 2.67 bits per heavy atom. The molecule has 0 aromatic carbocycles. The molecule has 1 aromatic rings. The van der Waals surface area contributed by atoms with Crippen LogP contribution in [-0.2, 0) is 17.8 Å². The highest BCUT2D eigenvalue weighted by molar-refractivity contribution is 7.12. The van der Waals surface area contributed by atoms with Gasteiger partial charge in [0.25, 0.3) is 0 Å². The summed E-state index contributed by atoms with van der Waals surface area (Å²) in [6.45, 7) is 10.7. The van der Waals surface area contributed by atoms with Crippen LogP contribution < -0.4 is 5.32 Å². The SMILES string of the molecule is CNCc1cc(CN2C[C@@H](C)O[C@@H](C)C2)c(C)s1. The summed E-state index contributed by atoms with van der Waals surface area (Å²) in [5.41, 5.74) is 1.48. The lowest BCUT2D eigenvalue weighted by Gasteiger charge is -2.35. The Morgan fingerprint density at radius 2 is 2.06 bits per heavy atom. The predicted molar refractivity (Wildman–Crippen MR) is 77.1 cm³/mol. The van der Waals surface area contributed by atoms with Gasteiger partial charge in [-0.3, -0.25) is 4.90 Å². The molecule has 0 saturated carbocycles. The molecule has 1 aromatic heterocycles. The van der Waals surface area contributed by atoms with Crippen molar-refractivity contribution in [1.82, 2.24) is 10.2 Å². The molecule has 1 fully saturated rings. The van der Waals surface area contributed by atoms with Crippen molar-refractivity contribution >= 4 is 11.3 Å². The van der Waals surface area contributed by atoms with Gasteiger partial charge in [-0.15, -0.1) is 11.3 Å². The van der Waals surface area contributed by atoms with Crippen LogP contribution in [0.2, 0.25) is 0 Å². The molecule has 0 aliphatic carbocycles. The molecule has 0 amide bonds. The monoisotopic (exact) mass is 268 g/mol. The number of morpholine rings is 1. The molecule has 2 rings (SSSR count). The number of hydrogen-bond acceptors (Lipinski definition) is 4. The number of rotatable bonds is 4. The molecule has 1 aliphatic heterocycles. The van der Waals surface area contributed by atoms with Gasteiger partial charge in [0.05, 0.1) is 12.2 Å². The standard InChI is InChI=1S/C14H24N2OS/c1-10-7-16(8-11(2)17-10)9-13-5-14(6-15-4)18-12(13)3/h5,10-11,15H,6-9H2,1-4H3/t10-,11+. The molecule has 1 saturated heterocycles. The van der Waals surface area contributed by atoms with E-state index in [-0.39, 0.29) is 0 Å². The second-order valence-corrected chi connectivity index (χ2v) is 6.62. The molecule has 0 radical (unpaired) electrons. The van der Waals surface area contributed by atoms with Gasteiger partial charge in [-0.2, -0.15) is 0 Å². The highest BCUT2D eigenvalue weighted by Gasteiger charge is 2.22. The van der Waals surface area contributed by atoms with Crippen molar-refractivity contribution in [3.63, 3.8) is 0 Å². The van der Waals surface area contributed by atoms with Crippen molar-refractivity contribution < 1.29 is 4.74 Å². The van der Waals surface area contributed by atoms with E-state index in [1.165, 1.54) is 15.3 Å². The lowest BCUT2D eigenvalue weighted by Crippen LogP contribution is -2.44. The van der Waals surface area contributed by atoms with E-state index in [2.05, 4.69) is 37.1 Å². The van der Waals surface area contributed by atoms with Gasteiger partial charge < -0.3 is 10.1 Å². The van der Waals surface area contributed by atoms with Gasteiger partial charge in [0.2, 0.25) is 0 Å². The first-order valence-corrected chi connectivity index (χ1v) is 7.50. The van der Waals surface area contributed by atoms with E-state index in [0.717, 1.165) is 26.2 Å². The summed E-state index contributed by atoms with van der Waals surface area (Å²) in [5.74, 6) is 0. The number of nitrogens with one attached hydrogen (secondary N) is 1. The van der Waals surface area contributed by atoms with E-state index in [4.69, 9.17) is 4.74 Å². The minimum Gasteiger partial charge on any atom is -0.373 e. The van der Waals surface area contributed by atoms with Gasteiger partial charge in [-0.05, 0) is 39.4 Å². The Hall–Kier alpha value is -0.420. The molecular weight excluding hydrogens is 244 g/mol. The third-order valence-corrected chi connectivity index (χ3v) is 4.40. The molecule has 0 unspecified atom stereocenters. The summed E-state index contributed by atoms with van der Waals surface area (Å²) in [6, 6.07) is 2.35. The number of aryl methyl sites for hydroxylation is 1. The van der Waals surface area contributed by atoms with E-state index >= 15 is 0 Å². The van der Waals surface area contributed by atoms with Crippen LogP contribution in [0.1, 0.15) is 29.2 Å². The quantitative estimate of drug-likeness (QED) is 0.907. The Labute approximate surface area is 114 Å². The first-order valence-electron chi connectivity index (χ1n) is 6.69. The summed E-state index contributed by atoms with van der Waals surface area (Å²) in [7, 11) is 2.00. The lowest BCUT2D eigenvalue weighted by molar-refractivity contribution is -0.0705. The smallest absolute Gasteiger partial charge is 0.0678 e. The molecule has 0 spiro atoms. The van der Waals surface area contributed by atoms with Crippen molar-refractivity contribution in [1.29, 1.82) is 0 Å². The first kappa shape index (κ1) is 14.0. The molecule has 2 heterocycles. The molecule has 18 heavy (non-hydrogen) atoms. The fourth-order valence-electron chi connectivity index (χ4n) is 2.66. The Balaban J connectivity index is 1.99. The van der Waals surface area contributed by atoms with Crippen LogP contribution in [0.25, 0.3) is 0 Å². The molecule has 1 aliphatic rings. The van der Waals surface area contributed by atoms with Crippen LogP contribution in [0, 0.1) is 6.92 Å². The highest BCUT2D eigenvalue weighted by atomic mass is 32.1. The summed E-state index contributed by atoms with van der Waals surface area (Å²) in [5, 5.41) is 3.22. The largest absolute Gasteiger partial charge is 0.373 e. The average molecular weight is 268 g/mol. The summed E-state index contributed by atoms with van der Waals surface area (Å²) in [4.78, 5) is 5.39. The molecule has 0 bridgehead atoms. The molecule has 3 nitrogen and oxygen atoms in total. The zero-order valence-corrected chi connectivity index (χ0v) is 12.6. The van der Waals surface area contributed by atoms with Crippen LogP contribution in [0.15, 0.2) is 6.07 Å². The Morgan fingerprint density at radius 1 is 1.39 bits per heavy atom. The maximum atomic E-state index is 5.78. The fourth-order valence-corrected chi connectivity index (χ4v) is 3.73. The van der Waals surface area contributed by atoms with Gasteiger partial charge in [-0.1, -0.05) is 0 Å². The van der Waals surface area contributed by atoms with Crippen LogP contribution in [0.4, 0.5) is 0 Å². The van der Waals surface area contributed by atoms with E-state index < -0.39 is 0 Å². The molecule has 102 valence electrons. The van der Waals surface area contributed by atoms with E-state index in [9.17, 15) is 0 Å². The Kier molecular flexibility index (Phi) is 4.78. The van der Waals surface area contributed by atoms with Crippen molar-refractivity contribution in [3.05, 3.63) is 21.4 Å². The summed E-state index contributed by atoms with van der Waals surface area (Å²) in [6.07, 6.45) is 0.703. The third kappa shape index (κ3) is 3.54. The van der Waals surface area contributed by atoms with Crippen molar-refractivity contribution in [3.8, 4) is 0 Å². The fraction of sp³-hybridized carbons (Fsp3) is 0.714. The number of ether oxygens (including phenoxy) is 1. The zero-order chi connectivity index (χ0) is 13.1. The predicted octanol–water partition coefficient (Wildman–Crippen LogP) is 2.39. The van der Waals surface area contributed by atoms with Crippen LogP contribution in [-0.4, -0.2) is 37.2 Å². The molecule has 4 heteroatoms. The lowest BCUT2D eigenvalue weighted by atomic mass is 10.2. The Bertz CT molecular complexity index is 381. The van der Waals surface area contributed by atoms with Gasteiger partial charge in [0.1, 0.15) is 0 Å². The van der Waals surface area contributed by atoms with Gasteiger partial charge in [0, 0.05) is 35.9 Å². The van der Waals surface area contributed by atoms with Crippen LogP contribution in [0.5, 0.6) is 0 Å². The molecule has 2 atom stereocenters. The van der Waals surface area contributed by atoms with E-state index in [1.54, 1.807) is 0 Å². The van der Waals surface area contributed by atoms with Crippen molar-refractivity contribution in [2.24, 2.45) is 0 Å². The second-order valence-electron chi connectivity index (χ2n) is 5.28. The van der Waals surface area contributed by atoms with E-state index in [0.29, 0.717) is 12.2 Å². The first-order chi connectivity index (χ1) is 8.58. The minimum absolute atomic E-state index is 0.351. The van der Waals surface area contributed by atoms with Crippen molar-refractivity contribution in [2.45, 2.75) is 46.1 Å². The van der Waals surface area contributed by atoms with Crippen molar-refractivity contribution in [2.75, 3.05) is 20.1 Å². The number of nitrogens with zero attached hydrogens (tertiary/aromatic N) is 1. The highest BCUT2D eigenvalue weighted by Crippen LogP contribution is 2.24.